The zero-order chi connectivity index (χ0) is 10.1. The van der Waals surface area contributed by atoms with Gasteiger partial charge in [0, 0.05) is 6.42 Å². The van der Waals surface area contributed by atoms with E-state index in [0.717, 1.165) is 12.8 Å². The van der Waals surface area contributed by atoms with Gasteiger partial charge in [-0.25, -0.2) is 0 Å². The van der Waals surface area contributed by atoms with Crippen molar-refractivity contribution in [2.45, 2.75) is 46.1 Å². The quantitative estimate of drug-likeness (QED) is 0.665. The standard InChI is InChI=1S/C10H17NO2/c1-7(12)9-10(2,3)6-4-5-8(13)11-9/h9H,4-6H2,1-3H3,(H,11,13). The first-order valence-electron chi connectivity index (χ1n) is 4.73. The number of ketones is 1. The summed E-state index contributed by atoms with van der Waals surface area (Å²) in [6, 6.07) is -0.303. The van der Waals surface area contributed by atoms with Crippen LogP contribution in [0.5, 0.6) is 0 Å². The monoisotopic (exact) mass is 183 g/mol. The molecule has 3 heteroatoms. The van der Waals surface area contributed by atoms with Gasteiger partial charge in [0.15, 0.2) is 5.78 Å². The summed E-state index contributed by atoms with van der Waals surface area (Å²) in [6.45, 7) is 5.60. The highest BCUT2D eigenvalue weighted by atomic mass is 16.2. The van der Waals surface area contributed by atoms with E-state index in [0.29, 0.717) is 6.42 Å². The van der Waals surface area contributed by atoms with Crippen LogP contribution in [0.3, 0.4) is 0 Å². The van der Waals surface area contributed by atoms with E-state index in [4.69, 9.17) is 0 Å². The second-order valence-electron chi connectivity index (χ2n) is 4.45. The molecule has 13 heavy (non-hydrogen) atoms. The summed E-state index contributed by atoms with van der Waals surface area (Å²) < 4.78 is 0. The van der Waals surface area contributed by atoms with Crippen LogP contribution in [-0.4, -0.2) is 17.7 Å². The summed E-state index contributed by atoms with van der Waals surface area (Å²) in [7, 11) is 0. The van der Waals surface area contributed by atoms with Gasteiger partial charge in [-0.2, -0.15) is 0 Å². The third-order valence-electron chi connectivity index (χ3n) is 2.72. The molecular formula is C10H17NO2. The summed E-state index contributed by atoms with van der Waals surface area (Å²) in [5.74, 6) is 0.0611. The second-order valence-corrected chi connectivity index (χ2v) is 4.45. The van der Waals surface area contributed by atoms with Crippen molar-refractivity contribution < 1.29 is 9.59 Å². The molecule has 0 spiro atoms. The topological polar surface area (TPSA) is 46.2 Å². The Morgan fingerprint density at radius 3 is 2.69 bits per heavy atom. The van der Waals surface area contributed by atoms with E-state index in [-0.39, 0.29) is 23.1 Å². The van der Waals surface area contributed by atoms with Gasteiger partial charge in [-0.3, -0.25) is 9.59 Å². The first kappa shape index (κ1) is 10.2. The van der Waals surface area contributed by atoms with Gasteiger partial charge >= 0.3 is 0 Å². The molecule has 0 saturated carbocycles. The van der Waals surface area contributed by atoms with Crippen molar-refractivity contribution >= 4 is 11.7 Å². The number of rotatable bonds is 1. The largest absolute Gasteiger partial charge is 0.346 e. The highest BCUT2D eigenvalue weighted by Crippen LogP contribution is 2.30. The smallest absolute Gasteiger partial charge is 0.220 e. The molecule has 1 N–H and O–H groups in total. The molecule has 1 unspecified atom stereocenters. The first-order chi connectivity index (χ1) is 5.93. The Kier molecular flexibility index (Phi) is 2.74. The summed E-state index contributed by atoms with van der Waals surface area (Å²) in [5.41, 5.74) is -0.0992. The van der Waals surface area contributed by atoms with Crippen molar-refractivity contribution in [3.63, 3.8) is 0 Å². The molecule has 1 saturated heterocycles. The fourth-order valence-corrected chi connectivity index (χ4v) is 1.93. The van der Waals surface area contributed by atoms with Gasteiger partial charge in [0.05, 0.1) is 6.04 Å². The van der Waals surface area contributed by atoms with Crippen LogP contribution in [0.2, 0.25) is 0 Å². The van der Waals surface area contributed by atoms with E-state index in [1.807, 2.05) is 13.8 Å². The Morgan fingerprint density at radius 1 is 1.54 bits per heavy atom. The van der Waals surface area contributed by atoms with Crippen LogP contribution in [0.15, 0.2) is 0 Å². The second kappa shape index (κ2) is 3.48. The summed E-state index contributed by atoms with van der Waals surface area (Å²) >= 11 is 0. The van der Waals surface area contributed by atoms with Crippen molar-refractivity contribution in [3.05, 3.63) is 0 Å². The highest BCUT2D eigenvalue weighted by Gasteiger charge is 2.35. The lowest BCUT2D eigenvalue weighted by Crippen LogP contribution is -2.47. The fourth-order valence-electron chi connectivity index (χ4n) is 1.93. The van der Waals surface area contributed by atoms with Crippen LogP contribution in [0, 0.1) is 5.41 Å². The number of Topliss-reactive ketones (excluding diaryl/α,β-unsaturated/α-hetero) is 1. The van der Waals surface area contributed by atoms with Gasteiger partial charge in [0.1, 0.15) is 0 Å². The van der Waals surface area contributed by atoms with Crippen molar-refractivity contribution in [1.29, 1.82) is 0 Å². The van der Waals surface area contributed by atoms with Gasteiger partial charge < -0.3 is 5.32 Å². The third kappa shape index (κ3) is 2.29. The van der Waals surface area contributed by atoms with Crippen molar-refractivity contribution in [2.24, 2.45) is 5.41 Å². The molecule has 0 aromatic rings. The van der Waals surface area contributed by atoms with Crippen molar-refractivity contribution in [2.75, 3.05) is 0 Å². The van der Waals surface area contributed by atoms with Crippen LogP contribution in [0.4, 0.5) is 0 Å². The average molecular weight is 183 g/mol. The Labute approximate surface area is 78.9 Å². The van der Waals surface area contributed by atoms with Gasteiger partial charge in [-0.15, -0.1) is 0 Å². The Bertz CT molecular complexity index is 233. The number of hydrogen-bond acceptors (Lipinski definition) is 2. The van der Waals surface area contributed by atoms with Crippen LogP contribution in [-0.2, 0) is 9.59 Å². The van der Waals surface area contributed by atoms with Gasteiger partial charge in [0.25, 0.3) is 0 Å². The Morgan fingerprint density at radius 2 is 2.15 bits per heavy atom. The molecule has 3 nitrogen and oxygen atoms in total. The van der Waals surface area contributed by atoms with Crippen LogP contribution in [0.1, 0.15) is 40.0 Å². The zero-order valence-electron chi connectivity index (χ0n) is 8.52. The molecule has 1 aliphatic heterocycles. The van der Waals surface area contributed by atoms with E-state index in [1.54, 1.807) is 0 Å². The molecule has 1 fully saturated rings. The number of nitrogens with one attached hydrogen (secondary N) is 1. The summed E-state index contributed by atoms with van der Waals surface area (Å²) in [5, 5.41) is 2.78. The number of carbonyl (C=O) groups excluding carboxylic acids is 2. The SMILES string of the molecule is CC(=O)C1NC(=O)CCCC1(C)C. The third-order valence-corrected chi connectivity index (χ3v) is 2.72. The molecule has 1 aliphatic rings. The van der Waals surface area contributed by atoms with E-state index < -0.39 is 0 Å². The number of amides is 1. The minimum atomic E-state index is -0.303. The maximum absolute atomic E-state index is 11.3. The first-order valence-corrected chi connectivity index (χ1v) is 4.73. The summed E-state index contributed by atoms with van der Waals surface area (Å²) in [6.07, 6.45) is 2.35. The van der Waals surface area contributed by atoms with E-state index in [1.165, 1.54) is 6.92 Å². The van der Waals surface area contributed by atoms with Crippen LogP contribution < -0.4 is 5.32 Å². The number of carbonyl (C=O) groups is 2. The lowest BCUT2D eigenvalue weighted by molar-refractivity contribution is -0.128. The molecule has 1 rings (SSSR count). The minimum Gasteiger partial charge on any atom is -0.346 e. The predicted molar refractivity (Wildman–Crippen MR) is 50.2 cm³/mol. The highest BCUT2D eigenvalue weighted by molar-refractivity contribution is 5.88. The molecule has 0 aromatic heterocycles. The van der Waals surface area contributed by atoms with E-state index in [9.17, 15) is 9.59 Å². The summed E-state index contributed by atoms with van der Waals surface area (Å²) in [4.78, 5) is 22.5. The molecule has 1 amide bonds. The predicted octanol–water partition coefficient (Wildman–Crippen LogP) is 1.27. The Hall–Kier alpha value is -0.860. The molecular weight excluding hydrogens is 166 g/mol. The molecule has 1 heterocycles. The molecule has 74 valence electrons. The van der Waals surface area contributed by atoms with Crippen molar-refractivity contribution in [3.8, 4) is 0 Å². The molecule has 0 radical (unpaired) electrons. The van der Waals surface area contributed by atoms with E-state index >= 15 is 0 Å². The maximum Gasteiger partial charge on any atom is 0.220 e. The molecule has 0 bridgehead atoms. The van der Waals surface area contributed by atoms with E-state index in [2.05, 4.69) is 5.32 Å². The normalized spacial score (nSPS) is 27.6. The minimum absolute atomic E-state index is 0.00535. The lowest BCUT2D eigenvalue weighted by atomic mass is 9.79. The maximum atomic E-state index is 11.3. The average Bonchev–Trinajstić information content (AvgIpc) is 2.10. The van der Waals surface area contributed by atoms with Gasteiger partial charge in [0.2, 0.25) is 5.91 Å². The molecule has 0 aromatic carbocycles. The Balaban J connectivity index is 2.84. The van der Waals surface area contributed by atoms with Gasteiger partial charge in [-0.05, 0) is 25.2 Å². The van der Waals surface area contributed by atoms with Crippen molar-refractivity contribution in [1.82, 2.24) is 5.32 Å². The van der Waals surface area contributed by atoms with Crippen LogP contribution >= 0.6 is 0 Å². The number of hydrogen-bond donors (Lipinski definition) is 1. The lowest BCUT2D eigenvalue weighted by Gasteiger charge is -2.30. The molecule has 1 atom stereocenters. The fraction of sp³-hybridized carbons (Fsp3) is 0.800. The van der Waals surface area contributed by atoms with Gasteiger partial charge in [-0.1, -0.05) is 13.8 Å². The molecule has 0 aliphatic carbocycles. The zero-order valence-corrected chi connectivity index (χ0v) is 8.52. The van der Waals surface area contributed by atoms with Crippen LogP contribution in [0.25, 0.3) is 0 Å².